The number of rotatable bonds is 3. The van der Waals surface area contributed by atoms with Crippen molar-refractivity contribution in [3.8, 4) is 0 Å². The maximum absolute atomic E-state index is 12.4. The van der Waals surface area contributed by atoms with Crippen LogP contribution in [0.5, 0.6) is 0 Å². The number of fused-ring (bicyclic) bond motifs is 1. The van der Waals surface area contributed by atoms with Crippen molar-refractivity contribution in [3.05, 3.63) is 23.8 Å². The molecule has 0 aliphatic carbocycles. The molecule has 0 bridgehead atoms. The summed E-state index contributed by atoms with van der Waals surface area (Å²) >= 11 is 0. The number of likely N-dealkylation sites (tertiary alicyclic amines) is 1. The van der Waals surface area contributed by atoms with Crippen LogP contribution in [0, 0.1) is 0 Å². The Morgan fingerprint density at radius 2 is 2.35 bits per heavy atom. The van der Waals surface area contributed by atoms with Crippen LogP contribution < -0.4 is 11.1 Å². The molecule has 1 unspecified atom stereocenters. The molecule has 0 aromatic heterocycles. The minimum Gasteiger partial charge on any atom is -0.399 e. The lowest BCUT2D eigenvalue weighted by Crippen LogP contribution is -2.50. The summed E-state index contributed by atoms with van der Waals surface area (Å²) in [5.74, 6) is 0.0882. The molecule has 3 N–H and O–H groups in total. The fourth-order valence-corrected chi connectivity index (χ4v) is 3.33. The van der Waals surface area contributed by atoms with E-state index in [9.17, 15) is 4.79 Å². The van der Waals surface area contributed by atoms with E-state index >= 15 is 0 Å². The number of hydrogen-bond donors (Lipinski definition) is 2. The molecule has 1 aromatic rings. The third kappa shape index (κ3) is 2.39. The van der Waals surface area contributed by atoms with Crippen LogP contribution in [-0.4, -0.2) is 43.2 Å². The maximum atomic E-state index is 12.4. The number of nitrogens with zero attached hydrogens (tertiary/aromatic N) is 1. The monoisotopic (exact) mass is 275 g/mol. The Hall–Kier alpha value is -1.59. The molecule has 20 heavy (non-hydrogen) atoms. The van der Waals surface area contributed by atoms with Crippen molar-refractivity contribution in [1.82, 2.24) is 4.90 Å². The minimum absolute atomic E-state index is 0.0882. The van der Waals surface area contributed by atoms with E-state index < -0.39 is 0 Å². The van der Waals surface area contributed by atoms with Gasteiger partial charge >= 0.3 is 0 Å². The number of methoxy groups -OCH3 is 1. The third-order valence-corrected chi connectivity index (χ3v) is 4.29. The van der Waals surface area contributed by atoms with Crippen molar-refractivity contribution in [2.45, 2.75) is 31.3 Å². The van der Waals surface area contributed by atoms with Gasteiger partial charge in [-0.15, -0.1) is 0 Å². The normalized spacial score (nSPS) is 26.4. The molecular formula is C15H21N3O2. The smallest absolute Gasteiger partial charge is 0.242 e. The first-order chi connectivity index (χ1) is 9.69. The molecule has 1 amide bonds. The number of carbonyl (C=O) groups excluding carboxylic acids is 1. The molecule has 1 fully saturated rings. The zero-order chi connectivity index (χ0) is 14.1. The Morgan fingerprint density at radius 1 is 1.50 bits per heavy atom. The Kier molecular flexibility index (Phi) is 3.63. The summed E-state index contributed by atoms with van der Waals surface area (Å²) in [7, 11) is 1.72. The van der Waals surface area contributed by atoms with Crippen LogP contribution in [0.2, 0.25) is 0 Å². The van der Waals surface area contributed by atoms with Crippen molar-refractivity contribution in [1.29, 1.82) is 0 Å². The lowest BCUT2D eigenvalue weighted by atomic mass is 9.96. The molecule has 2 heterocycles. The quantitative estimate of drug-likeness (QED) is 0.815. The molecule has 5 nitrogen and oxygen atoms in total. The fourth-order valence-electron chi connectivity index (χ4n) is 3.33. The lowest BCUT2D eigenvalue weighted by molar-refractivity contribution is -0.122. The van der Waals surface area contributed by atoms with Gasteiger partial charge in [0, 0.05) is 24.5 Å². The zero-order valence-corrected chi connectivity index (χ0v) is 11.8. The van der Waals surface area contributed by atoms with Crippen molar-refractivity contribution in [2.75, 3.05) is 31.3 Å². The molecule has 1 aromatic carbocycles. The maximum Gasteiger partial charge on any atom is 0.242 e. The number of nitrogen functional groups attached to an aromatic ring is 1. The van der Waals surface area contributed by atoms with E-state index in [1.807, 2.05) is 18.2 Å². The second-order valence-electron chi connectivity index (χ2n) is 5.61. The summed E-state index contributed by atoms with van der Waals surface area (Å²) in [4.78, 5) is 14.6. The summed E-state index contributed by atoms with van der Waals surface area (Å²) in [6, 6.07) is 5.91. The van der Waals surface area contributed by atoms with Gasteiger partial charge in [-0.1, -0.05) is 0 Å². The molecule has 3 rings (SSSR count). The fraction of sp³-hybridized carbons (Fsp3) is 0.533. The van der Waals surface area contributed by atoms with Gasteiger partial charge in [0.1, 0.15) is 0 Å². The average molecular weight is 275 g/mol. The van der Waals surface area contributed by atoms with Gasteiger partial charge in [0.25, 0.3) is 0 Å². The Morgan fingerprint density at radius 3 is 3.15 bits per heavy atom. The van der Waals surface area contributed by atoms with E-state index in [1.54, 1.807) is 7.11 Å². The Labute approximate surface area is 119 Å². The van der Waals surface area contributed by atoms with Gasteiger partial charge in [-0.05, 0) is 49.6 Å². The standard InChI is InChI=1S/C15H21N3O2/c1-20-9-12-3-2-6-18(12)14-8-10-7-11(16)4-5-13(10)17-15(14)19/h4-5,7,12,14H,2-3,6,8-9,16H2,1H3,(H,17,19)/t12-,14?/m0/s1. The van der Waals surface area contributed by atoms with Crippen LogP contribution in [0.1, 0.15) is 18.4 Å². The van der Waals surface area contributed by atoms with Crippen molar-refractivity contribution < 1.29 is 9.53 Å². The molecule has 2 aliphatic heterocycles. The van der Waals surface area contributed by atoms with Gasteiger partial charge in [0.15, 0.2) is 0 Å². The number of amides is 1. The third-order valence-electron chi connectivity index (χ3n) is 4.29. The first-order valence-electron chi connectivity index (χ1n) is 7.13. The van der Waals surface area contributed by atoms with Crippen LogP contribution in [-0.2, 0) is 16.0 Å². The van der Waals surface area contributed by atoms with Gasteiger partial charge in [-0.2, -0.15) is 0 Å². The van der Waals surface area contributed by atoms with Crippen LogP contribution in [0.4, 0.5) is 11.4 Å². The van der Waals surface area contributed by atoms with Crippen LogP contribution in [0.15, 0.2) is 18.2 Å². The molecule has 0 saturated carbocycles. The molecule has 108 valence electrons. The number of nitrogens with two attached hydrogens (primary N) is 1. The van der Waals surface area contributed by atoms with Gasteiger partial charge < -0.3 is 15.8 Å². The van der Waals surface area contributed by atoms with Gasteiger partial charge in [0.05, 0.1) is 12.6 Å². The van der Waals surface area contributed by atoms with Crippen LogP contribution in [0.25, 0.3) is 0 Å². The first-order valence-corrected chi connectivity index (χ1v) is 7.13. The highest BCUT2D eigenvalue weighted by Crippen LogP contribution is 2.30. The highest BCUT2D eigenvalue weighted by molar-refractivity contribution is 5.98. The number of nitrogens with one attached hydrogen (secondary N) is 1. The van der Waals surface area contributed by atoms with Crippen LogP contribution in [0.3, 0.4) is 0 Å². The number of carbonyl (C=O) groups is 1. The molecule has 1 saturated heterocycles. The van der Waals surface area contributed by atoms with Gasteiger partial charge in [-0.3, -0.25) is 9.69 Å². The van der Waals surface area contributed by atoms with E-state index in [4.69, 9.17) is 10.5 Å². The summed E-state index contributed by atoms with van der Waals surface area (Å²) < 4.78 is 5.28. The van der Waals surface area contributed by atoms with E-state index in [0.717, 1.165) is 42.7 Å². The van der Waals surface area contributed by atoms with Gasteiger partial charge in [0.2, 0.25) is 5.91 Å². The topological polar surface area (TPSA) is 67.6 Å². The molecule has 0 radical (unpaired) electrons. The summed E-state index contributed by atoms with van der Waals surface area (Å²) in [6.45, 7) is 1.65. The second-order valence-corrected chi connectivity index (χ2v) is 5.61. The van der Waals surface area contributed by atoms with E-state index in [2.05, 4.69) is 10.2 Å². The number of ether oxygens (including phenoxy) is 1. The van der Waals surface area contributed by atoms with Crippen LogP contribution >= 0.6 is 0 Å². The van der Waals surface area contributed by atoms with Crippen molar-refractivity contribution >= 4 is 17.3 Å². The van der Waals surface area contributed by atoms with E-state index in [-0.39, 0.29) is 11.9 Å². The SMILES string of the molecule is COC[C@@H]1CCCN1C1Cc2cc(N)ccc2NC1=O. The molecular weight excluding hydrogens is 254 g/mol. The average Bonchev–Trinajstić information content (AvgIpc) is 2.87. The predicted molar refractivity (Wildman–Crippen MR) is 78.6 cm³/mol. The van der Waals surface area contributed by atoms with E-state index in [1.165, 1.54) is 0 Å². The summed E-state index contributed by atoms with van der Waals surface area (Å²) in [5, 5.41) is 3.00. The molecule has 2 atom stereocenters. The largest absolute Gasteiger partial charge is 0.399 e. The predicted octanol–water partition coefficient (Wildman–Crippen LogP) is 1.24. The van der Waals surface area contributed by atoms with Crippen molar-refractivity contribution in [2.24, 2.45) is 0 Å². The lowest BCUT2D eigenvalue weighted by Gasteiger charge is -2.35. The highest BCUT2D eigenvalue weighted by atomic mass is 16.5. The number of hydrogen-bond acceptors (Lipinski definition) is 4. The Bertz CT molecular complexity index is 518. The second kappa shape index (κ2) is 5.42. The Balaban J connectivity index is 1.82. The minimum atomic E-state index is -0.105. The van der Waals surface area contributed by atoms with Gasteiger partial charge in [-0.25, -0.2) is 0 Å². The number of anilines is 2. The zero-order valence-electron chi connectivity index (χ0n) is 11.8. The molecule has 0 spiro atoms. The first kappa shape index (κ1) is 13.4. The highest BCUT2D eigenvalue weighted by Gasteiger charge is 2.37. The molecule has 5 heteroatoms. The number of benzene rings is 1. The van der Waals surface area contributed by atoms with E-state index in [0.29, 0.717) is 12.6 Å². The summed E-state index contributed by atoms with van der Waals surface area (Å²) in [5.41, 5.74) is 8.60. The molecule has 2 aliphatic rings. The summed E-state index contributed by atoms with van der Waals surface area (Å²) in [6.07, 6.45) is 2.95. The van der Waals surface area contributed by atoms with Crippen molar-refractivity contribution in [3.63, 3.8) is 0 Å².